The molecule has 5 rings (SSSR count). The average Bonchev–Trinajstić information content (AvgIpc) is 3.30. The number of hydrogen-bond donors (Lipinski definition) is 0. The normalized spacial score (nSPS) is 17.4. The minimum atomic E-state index is 0.149. The number of piperazine rings is 1. The van der Waals surface area contributed by atoms with Crippen molar-refractivity contribution in [2.45, 2.75) is 6.04 Å². The molecule has 0 unspecified atom stereocenters. The minimum absolute atomic E-state index is 0.149. The van der Waals surface area contributed by atoms with Gasteiger partial charge in [-0.2, -0.15) is 0 Å². The standard InChI is InChI=1S/C26H27N3OS/c1-20(24-12-13-25(31-24)21-8-4-2-5-9-21)29-18-23(19-29)27-14-16-28(17-15-27)26(30)22-10-6-3-7-11-22/h2-13,23H,1,14-19H2. The van der Waals surface area contributed by atoms with E-state index in [1.54, 1.807) is 0 Å². The molecule has 0 bridgehead atoms. The number of amides is 1. The molecule has 0 radical (unpaired) electrons. The van der Waals surface area contributed by atoms with Crippen LogP contribution in [-0.2, 0) is 0 Å². The Labute approximate surface area is 188 Å². The van der Waals surface area contributed by atoms with E-state index in [-0.39, 0.29) is 5.91 Å². The Balaban J connectivity index is 1.12. The molecule has 31 heavy (non-hydrogen) atoms. The van der Waals surface area contributed by atoms with Crippen molar-refractivity contribution in [2.75, 3.05) is 39.3 Å². The van der Waals surface area contributed by atoms with Crippen LogP contribution in [0.15, 0.2) is 79.4 Å². The molecule has 0 aliphatic carbocycles. The Kier molecular flexibility index (Phi) is 5.62. The summed E-state index contributed by atoms with van der Waals surface area (Å²) in [5, 5.41) is 0. The van der Waals surface area contributed by atoms with Crippen LogP contribution in [0.2, 0.25) is 0 Å². The molecule has 2 aromatic carbocycles. The van der Waals surface area contributed by atoms with E-state index < -0.39 is 0 Å². The van der Waals surface area contributed by atoms with E-state index in [9.17, 15) is 4.79 Å². The van der Waals surface area contributed by atoms with E-state index in [0.29, 0.717) is 6.04 Å². The molecule has 0 atom stereocenters. The number of carbonyl (C=O) groups is 1. The molecule has 0 N–H and O–H groups in total. The van der Waals surface area contributed by atoms with E-state index >= 15 is 0 Å². The summed E-state index contributed by atoms with van der Waals surface area (Å²) >= 11 is 1.81. The summed E-state index contributed by atoms with van der Waals surface area (Å²) < 4.78 is 0. The minimum Gasteiger partial charge on any atom is -0.368 e. The molecule has 5 heteroatoms. The molecule has 2 saturated heterocycles. The van der Waals surface area contributed by atoms with Crippen LogP contribution >= 0.6 is 11.3 Å². The highest BCUT2D eigenvalue weighted by molar-refractivity contribution is 7.16. The van der Waals surface area contributed by atoms with Gasteiger partial charge in [-0.3, -0.25) is 9.69 Å². The topological polar surface area (TPSA) is 26.8 Å². The van der Waals surface area contributed by atoms with Crippen molar-refractivity contribution in [3.63, 3.8) is 0 Å². The number of hydrogen-bond acceptors (Lipinski definition) is 4. The van der Waals surface area contributed by atoms with Crippen LogP contribution < -0.4 is 0 Å². The Hall–Kier alpha value is -2.89. The van der Waals surface area contributed by atoms with Gasteiger partial charge in [-0.15, -0.1) is 11.3 Å². The Morgan fingerprint density at radius 1 is 0.806 bits per heavy atom. The molecule has 3 aromatic rings. The highest BCUT2D eigenvalue weighted by Crippen LogP contribution is 2.34. The molecule has 3 heterocycles. The highest BCUT2D eigenvalue weighted by atomic mass is 32.1. The molecular weight excluding hydrogens is 402 g/mol. The fraction of sp³-hybridized carbons (Fsp3) is 0.269. The van der Waals surface area contributed by atoms with Gasteiger partial charge in [-0.05, 0) is 29.8 Å². The lowest BCUT2D eigenvalue weighted by Gasteiger charge is -2.49. The summed E-state index contributed by atoms with van der Waals surface area (Å²) in [6.07, 6.45) is 0. The van der Waals surface area contributed by atoms with E-state index in [2.05, 4.69) is 58.8 Å². The maximum Gasteiger partial charge on any atom is 0.253 e. The predicted molar refractivity (Wildman–Crippen MR) is 128 cm³/mol. The summed E-state index contributed by atoms with van der Waals surface area (Å²) in [5.74, 6) is 0.149. The van der Waals surface area contributed by atoms with Gasteiger partial charge in [0, 0.05) is 61.4 Å². The first kappa shape index (κ1) is 20.0. The van der Waals surface area contributed by atoms with Crippen LogP contribution in [0.4, 0.5) is 0 Å². The second-order valence-corrected chi connectivity index (χ2v) is 9.31. The van der Waals surface area contributed by atoms with Crippen LogP contribution in [0, 0.1) is 0 Å². The van der Waals surface area contributed by atoms with E-state index in [0.717, 1.165) is 50.5 Å². The van der Waals surface area contributed by atoms with Crippen molar-refractivity contribution >= 4 is 22.9 Å². The lowest BCUT2D eigenvalue weighted by molar-refractivity contribution is 0.0284. The van der Waals surface area contributed by atoms with Crippen molar-refractivity contribution in [1.29, 1.82) is 0 Å². The largest absolute Gasteiger partial charge is 0.368 e. The number of benzene rings is 2. The second-order valence-electron chi connectivity index (χ2n) is 8.23. The lowest BCUT2D eigenvalue weighted by Crippen LogP contribution is -2.62. The van der Waals surface area contributed by atoms with Crippen molar-refractivity contribution in [1.82, 2.24) is 14.7 Å². The predicted octanol–water partition coefficient (Wildman–Crippen LogP) is 4.53. The molecule has 2 fully saturated rings. The number of carbonyl (C=O) groups excluding carboxylic acids is 1. The first-order valence-electron chi connectivity index (χ1n) is 10.9. The summed E-state index contributed by atoms with van der Waals surface area (Å²) in [4.78, 5) is 22.1. The third-order valence-electron chi connectivity index (χ3n) is 6.33. The lowest BCUT2D eigenvalue weighted by atomic mass is 10.0. The van der Waals surface area contributed by atoms with Gasteiger partial charge in [0.15, 0.2) is 0 Å². The van der Waals surface area contributed by atoms with Gasteiger partial charge in [0.05, 0.1) is 4.88 Å². The summed E-state index contributed by atoms with van der Waals surface area (Å²) in [7, 11) is 0. The molecule has 4 nitrogen and oxygen atoms in total. The van der Waals surface area contributed by atoms with Crippen molar-refractivity contribution < 1.29 is 4.79 Å². The van der Waals surface area contributed by atoms with Crippen LogP contribution in [0.3, 0.4) is 0 Å². The smallest absolute Gasteiger partial charge is 0.253 e. The molecule has 0 saturated carbocycles. The van der Waals surface area contributed by atoms with Gasteiger partial charge < -0.3 is 9.80 Å². The molecule has 1 aromatic heterocycles. The zero-order chi connectivity index (χ0) is 21.2. The molecule has 2 aliphatic rings. The van der Waals surface area contributed by atoms with Crippen LogP contribution in [0.25, 0.3) is 16.1 Å². The van der Waals surface area contributed by atoms with E-state index in [1.165, 1.54) is 15.3 Å². The zero-order valence-electron chi connectivity index (χ0n) is 17.6. The number of nitrogens with zero attached hydrogens (tertiary/aromatic N) is 3. The fourth-order valence-corrected chi connectivity index (χ4v) is 5.38. The second kappa shape index (κ2) is 8.69. The summed E-state index contributed by atoms with van der Waals surface area (Å²) in [5.41, 5.74) is 3.17. The molecular formula is C26H27N3OS. The Bertz CT molecular complexity index is 1050. The molecule has 158 valence electrons. The first-order valence-corrected chi connectivity index (χ1v) is 11.7. The van der Waals surface area contributed by atoms with Crippen LogP contribution in [0.1, 0.15) is 15.2 Å². The summed E-state index contributed by atoms with van der Waals surface area (Å²) in [6.45, 7) is 9.90. The number of thiophene rings is 1. The van der Waals surface area contributed by atoms with Crippen LogP contribution in [-0.4, -0.2) is 65.9 Å². The van der Waals surface area contributed by atoms with E-state index in [1.807, 2.05) is 46.6 Å². The summed E-state index contributed by atoms with van der Waals surface area (Å²) in [6, 6.07) is 25.1. The molecule has 2 aliphatic heterocycles. The number of rotatable bonds is 5. The van der Waals surface area contributed by atoms with Gasteiger partial charge in [-0.25, -0.2) is 0 Å². The van der Waals surface area contributed by atoms with Gasteiger partial charge in [0.2, 0.25) is 0 Å². The van der Waals surface area contributed by atoms with Gasteiger partial charge in [0.25, 0.3) is 5.91 Å². The quantitative estimate of drug-likeness (QED) is 0.596. The van der Waals surface area contributed by atoms with E-state index in [4.69, 9.17) is 0 Å². The first-order chi connectivity index (χ1) is 15.2. The van der Waals surface area contributed by atoms with Crippen molar-refractivity contribution in [3.8, 4) is 10.4 Å². The number of likely N-dealkylation sites (tertiary alicyclic amines) is 1. The zero-order valence-corrected chi connectivity index (χ0v) is 18.4. The van der Waals surface area contributed by atoms with Crippen LogP contribution in [0.5, 0.6) is 0 Å². The van der Waals surface area contributed by atoms with Gasteiger partial charge in [-0.1, -0.05) is 55.1 Å². The fourth-order valence-electron chi connectivity index (χ4n) is 4.37. The average molecular weight is 430 g/mol. The third kappa shape index (κ3) is 4.16. The van der Waals surface area contributed by atoms with Gasteiger partial charge in [0.1, 0.15) is 0 Å². The maximum absolute atomic E-state index is 12.7. The monoisotopic (exact) mass is 429 g/mol. The van der Waals surface area contributed by atoms with Crippen molar-refractivity contribution in [2.24, 2.45) is 0 Å². The Morgan fingerprint density at radius 3 is 2.13 bits per heavy atom. The molecule has 0 spiro atoms. The third-order valence-corrected chi connectivity index (χ3v) is 7.51. The SMILES string of the molecule is C=C(c1ccc(-c2ccccc2)s1)N1CC(N2CCN(C(=O)c3ccccc3)CC2)C1. The maximum atomic E-state index is 12.7. The van der Waals surface area contributed by atoms with Crippen molar-refractivity contribution in [3.05, 3.63) is 89.8 Å². The highest BCUT2D eigenvalue weighted by Gasteiger charge is 2.35. The van der Waals surface area contributed by atoms with Gasteiger partial charge >= 0.3 is 0 Å². The Morgan fingerprint density at radius 2 is 1.45 bits per heavy atom. The molecule has 1 amide bonds.